The summed E-state index contributed by atoms with van der Waals surface area (Å²) in [6.07, 6.45) is 0. The van der Waals surface area contributed by atoms with Crippen LogP contribution in [0.4, 0.5) is 10.8 Å². The first-order valence-electron chi connectivity index (χ1n) is 9.52. The molecule has 162 valence electrons. The summed E-state index contributed by atoms with van der Waals surface area (Å²) in [5, 5.41) is 9.01. The molecule has 2 aromatic carbocycles. The van der Waals surface area contributed by atoms with Gasteiger partial charge < -0.3 is 9.47 Å². The quantitative estimate of drug-likeness (QED) is 0.448. The number of carbonyl (C=O) groups is 2. The number of benzene rings is 2. The maximum atomic E-state index is 12.6. The zero-order valence-electron chi connectivity index (χ0n) is 17.2. The fraction of sp³-hybridized carbons (Fsp3) is 0.136. The summed E-state index contributed by atoms with van der Waals surface area (Å²) in [5.41, 5.74) is 0.648. The molecule has 9 nitrogen and oxygen atoms in total. The largest absolute Gasteiger partial charge is 0.495 e. The molecule has 0 atom stereocenters. The first-order valence-corrected chi connectivity index (χ1v) is 10.4. The van der Waals surface area contributed by atoms with Gasteiger partial charge in [0.25, 0.3) is 5.56 Å². The van der Waals surface area contributed by atoms with Gasteiger partial charge in [-0.05, 0) is 18.2 Å². The van der Waals surface area contributed by atoms with Crippen molar-refractivity contribution < 1.29 is 19.1 Å². The van der Waals surface area contributed by atoms with Crippen LogP contribution in [0.5, 0.6) is 5.75 Å². The molecule has 0 fully saturated rings. The number of thiazole rings is 1. The van der Waals surface area contributed by atoms with Gasteiger partial charge in [-0.25, -0.2) is 14.9 Å². The van der Waals surface area contributed by atoms with Crippen molar-refractivity contribution in [1.29, 1.82) is 0 Å². The zero-order chi connectivity index (χ0) is 22.7. The van der Waals surface area contributed by atoms with Gasteiger partial charge in [0.1, 0.15) is 12.4 Å². The van der Waals surface area contributed by atoms with Gasteiger partial charge >= 0.3 is 5.97 Å². The number of para-hydroxylation sites is 2. The van der Waals surface area contributed by atoms with E-state index in [0.29, 0.717) is 33.0 Å². The van der Waals surface area contributed by atoms with E-state index in [1.165, 1.54) is 30.3 Å². The van der Waals surface area contributed by atoms with E-state index < -0.39 is 5.97 Å². The lowest BCUT2D eigenvalue weighted by Gasteiger charge is -2.20. The van der Waals surface area contributed by atoms with Gasteiger partial charge in [-0.2, -0.15) is 5.10 Å². The average molecular weight is 450 g/mol. The minimum atomic E-state index is -0.694. The summed E-state index contributed by atoms with van der Waals surface area (Å²) in [7, 11) is 1.53. The van der Waals surface area contributed by atoms with E-state index in [1.54, 1.807) is 47.8 Å². The maximum absolute atomic E-state index is 12.6. The van der Waals surface area contributed by atoms with E-state index in [0.717, 1.165) is 0 Å². The standard InChI is InChI=1S/C22H18N4O5S/c1-13(27)26(17-9-5-6-10-18(17)30-2)22-23-14(12-32-22)11-31-21(29)19-15-7-3-4-8-16(15)20(28)25-24-19/h3-10,12H,11H2,1-2H3,(H,25,28). The Labute approximate surface area is 186 Å². The van der Waals surface area contributed by atoms with E-state index in [1.807, 2.05) is 6.07 Å². The van der Waals surface area contributed by atoms with E-state index in [2.05, 4.69) is 15.2 Å². The molecule has 32 heavy (non-hydrogen) atoms. The Morgan fingerprint density at radius 2 is 1.81 bits per heavy atom. The van der Waals surface area contributed by atoms with Crippen LogP contribution in [-0.4, -0.2) is 34.2 Å². The van der Waals surface area contributed by atoms with Crippen LogP contribution in [0.3, 0.4) is 0 Å². The Morgan fingerprint density at radius 1 is 1.09 bits per heavy atom. The first kappa shape index (κ1) is 21.2. The summed E-state index contributed by atoms with van der Waals surface area (Å²) >= 11 is 1.24. The number of fused-ring (bicyclic) bond motifs is 1. The van der Waals surface area contributed by atoms with Gasteiger partial charge in [-0.15, -0.1) is 11.3 Å². The average Bonchev–Trinajstić information content (AvgIpc) is 3.26. The number of aromatic amines is 1. The number of nitrogens with one attached hydrogen (secondary N) is 1. The molecule has 1 amide bonds. The summed E-state index contributed by atoms with van der Waals surface area (Å²) < 4.78 is 10.7. The van der Waals surface area contributed by atoms with Gasteiger partial charge in [-0.3, -0.25) is 14.5 Å². The predicted molar refractivity (Wildman–Crippen MR) is 119 cm³/mol. The van der Waals surface area contributed by atoms with Crippen LogP contribution in [0.15, 0.2) is 58.7 Å². The summed E-state index contributed by atoms with van der Waals surface area (Å²) in [4.78, 5) is 42.7. The van der Waals surface area contributed by atoms with Gasteiger partial charge in [0, 0.05) is 17.7 Å². The maximum Gasteiger partial charge on any atom is 0.359 e. The second-order valence-corrected chi connectivity index (χ2v) is 7.51. The van der Waals surface area contributed by atoms with Crippen LogP contribution >= 0.6 is 11.3 Å². The number of methoxy groups -OCH3 is 1. The van der Waals surface area contributed by atoms with Gasteiger partial charge in [0.15, 0.2) is 10.8 Å². The predicted octanol–water partition coefficient (Wildman–Crippen LogP) is 3.43. The minimum absolute atomic E-state index is 0.00929. The highest BCUT2D eigenvalue weighted by molar-refractivity contribution is 7.14. The highest BCUT2D eigenvalue weighted by Gasteiger charge is 2.22. The molecule has 4 rings (SSSR count). The minimum Gasteiger partial charge on any atom is -0.495 e. The van der Waals surface area contributed by atoms with Crippen molar-refractivity contribution in [2.75, 3.05) is 12.0 Å². The number of rotatable bonds is 6. The van der Waals surface area contributed by atoms with Crippen molar-refractivity contribution in [2.24, 2.45) is 0 Å². The molecule has 0 aliphatic rings. The number of anilines is 2. The smallest absolute Gasteiger partial charge is 0.359 e. The Balaban J connectivity index is 1.55. The third-order valence-corrected chi connectivity index (χ3v) is 5.49. The summed E-state index contributed by atoms with van der Waals surface area (Å²) in [6, 6.07) is 13.8. The molecule has 2 aromatic heterocycles. The van der Waals surface area contributed by atoms with Crippen LogP contribution in [0, 0.1) is 0 Å². The van der Waals surface area contributed by atoms with Gasteiger partial charge in [0.2, 0.25) is 5.91 Å². The Kier molecular flexibility index (Phi) is 5.95. The topological polar surface area (TPSA) is 114 Å². The lowest BCUT2D eigenvalue weighted by molar-refractivity contribution is -0.115. The number of ether oxygens (including phenoxy) is 2. The van der Waals surface area contributed by atoms with Crippen LogP contribution in [0.1, 0.15) is 23.1 Å². The molecule has 0 spiro atoms. The fourth-order valence-electron chi connectivity index (χ4n) is 3.17. The van der Waals surface area contributed by atoms with E-state index in [4.69, 9.17) is 9.47 Å². The Hall–Kier alpha value is -4.05. The Bertz CT molecular complexity index is 1360. The van der Waals surface area contributed by atoms with Gasteiger partial charge in [-0.1, -0.05) is 30.3 Å². The number of esters is 1. The number of hydrogen-bond acceptors (Lipinski definition) is 8. The van der Waals surface area contributed by atoms with E-state index in [-0.39, 0.29) is 23.8 Å². The molecule has 4 aromatic rings. The van der Waals surface area contributed by atoms with Crippen molar-refractivity contribution in [3.63, 3.8) is 0 Å². The highest BCUT2D eigenvalue weighted by atomic mass is 32.1. The van der Waals surface area contributed by atoms with Crippen molar-refractivity contribution in [3.05, 3.63) is 75.7 Å². The molecule has 2 heterocycles. The molecule has 0 bridgehead atoms. The lowest BCUT2D eigenvalue weighted by Crippen LogP contribution is -2.23. The normalized spacial score (nSPS) is 10.7. The van der Waals surface area contributed by atoms with Crippen LogP contribution < -0.4 is 15.2 Å². The fourth-order valence-corrected chi connectivity index (χ4v) is 4.03. The van der Waals surface area contributed by atoms with Crippen molar-refractivity contribution in [2.45, 2.75) is 13.5 Å². The number of carbonyl (C=O) groups excluding carboxylic acids is 2. The number of nitrogens with zero attached hydrogens (tertiary/aromatic N) is 3. The van der Waals surface area contributed by atoms with Crippen LogP contribution in [0.25, 0.3) is 10.8 Å². The van der Waals surface area contributed by atoms with Crippen molar-refractivity contribution >= 4 is 44.8 Å². The summed E-state index contributed by atoms with van der Waals surface area (Å²) in [6.45, 7) is 1.31. The number of amides is 1. The van der Waals surface area contributed by atoms with Crippen LogP contribution in [0.2, 0.25) is 0 Å². The molecular formula is C22H18N4O5S. The number of aromatic nitrogens is 3. The van der Waals surface area contributed by atoms with E-state index >= 15 is 0 Å². The third-order valence-electron chi connectivity index (χ3n) is 4.61. The molecule has 0 aliphatic carbocycles. The molecule has 0 saturated heterocycles. The van der Waals surface area contributed by atoms with Gasteiger partial charge in [0.05, 0.1) is 23.9 Å². The molecule has 0 unspecified atom stereocenters. The lowest BCUT2D eigenvalue weighted by atomic mass is 10.1. The molecule has 0 saturated carbocycles. The summed E-state index contributed by atoms with van der Waals surface area (Å²) in [5.74, 6) is -0.404. The second-order valence-electron chi connectivity index (χ2n) is 6.67. The highest BCUT2D eigenvalue weighted by Crippen LogP contribution is 2.35. The first-order chi connectivity index (χ1) is 15.5. The molecule has 1 N–H and O–H groups in total. The molecular weight excluding hydrogens is 432 g/mol. The monoisotopic (exact) mass is 450 g/mol. The number of H-pyrrole nitrogens is 1. The molecule has 0 radical (unpaired) electrons. The third kappa shape index (κ3) is 4.08. The number of hydrogen-bond donors (Lipinski definition) is 1. The Morgan fingerprint density at radius 3 is 2.56 bits per heavy atom. The SMILES string of the molecule is COc1ccccc1N(C(C)=O)c1nc(COC(=O)c2n[nH]c(=O)c3ccccc23)cs1. The molecule has 10 heteroatoms. The molecule has 0 aliphatic heterocycles. The zero-order valence-corrected chi connectivity index (χ0v) is 18.0. The second kappa shape index (κ2) is 8.98. The van der Waals surface area contributed by atoms with Crippen molar-refractivity contribution in [1.82, 2.24) is 15.2 Å². The van der Waals surface area contributed by atoms with Crippen molar-refractivity contribution in [3.8, 4) is 5.75 Å². The van der Waals surface area contributed by atoms with E-state index in [9.17, 15) is 14.4 Å². The van der Waals surface area contributed by atoms with Crippen LogP contribution in [-0.2, 0) is 16.1 Å².